The van der Waals surface area contributed by atoms with E-state index in [1.54, 1.807) is 17.5 Å². The highest BCUT2D eigenvalue weighted by Gasteiger charge is 2.28. The van der Waals surface area contributed by atoms with Crippen molar-refractivity contribution >= 4 is 28.3 Å². The smallest absolute Gasteiger partial charge is 0.270 e. The fraction of sp³-hybridized carbons (Fsp3) is 0.607. The second-order valence-electron chi connectivity index (χ2n) is 9.98. The van der Waals surface area contributed by atoms with Crippen LogP contribution < -0.4 is 24.8 Å². The number of amides is 2. The molecule has 1 aromatic heterocycles. The predicted octanol–water partition coefficient (Wildman–Crippen LogP) is 5.12. The minimum atomic E-state index is -0.417. The Bertz CT molecular complexity index is 1060. The molecule has 2 amide bonds. The largest absolute Gasteiger partial charge is 0.496 e. The van der Waals surface area contributed by atoms with E-state index in [9.17, 15) is 9.59 Å². The highest BCUT2D eigenvalue weighted by atomic mass is 32.1. The number of nitrogens with zero attached hydrogens (tertiary/aromatic N) is 2. The summed E-state index contributed by atoms with van der Waals surface area (Å²) in [5, 5.41) is 7.81. The highest BCUT2D eigenvalue weighted by molar-refractivity contribution is 7.14. The molecule has 208 valence electrons. The highest BCUT2D eigenvalue weighted by Crippen LogP contribution is 2.35. The molecular formula is C28H40N4O5S. The number of carbonyl (C=O) groups is 2. The molecule has 9 nitrogen and oxygen atoms in total. The van der Waals surface area contributed by atoms with Crippen LogP contribution in [0.15, 0.2) is 17.5 Å². The van der Waals surface area contributed by atoms with Crippen LogP contribution in [0, 0.1) is 0 Å². The molecule has 0 radical (unpaired) electrons. The summed E-state index contributed by atoms with van der Waals surface area (Å²) in [5.74, 6) is 0.570. The van der Waals surface area contributed by atoms with Gasteiger partial charge in [-0.3, -0.25) is 19.8 Å². The average Bonchev–Trinajstić information content (AvgIpc) is 3.43. The van der Waals surface area contributed by atoms with Crippen LogP contribution in [0.2, 0.25) is 0 Å². The van der Waals surface area contributed by atoms with E-state index >= 15 is 0 Å². The van der Waals surface area contributed by atoms with Gasteiger partial charge < -0.3 is 19.5 Å². The number of thiazole rings is 1. The first-order valence-electron chi connectivity index (χ1n) is 13.6. The topological polar surface area (TPSA) is 102 Å². The van der Waals surface area contributed by atoms with Gasteiger partial charge in [-0.1, -0.05) is 38.5 Å². The number of anilines is 1. The van der Waals surface area contributed by atoms with Gasteiger partial charge in [0.1, 0.15) is 11.4 Å². The molecule has 2 aromatic rings. The molecule has 10 heteroatoms. The normalized spacial score (nSPS) is 16.7. The zero-order chi connectivity index (χ0) is 26.9. The van der Waals surface area contributed by atoms with Gasteiger partial charge in [0.25, 0.3) is 11.8 Å². The maximum Gasteiger partial charge on any atom is 0.270 e. The van der Waals surface area contributed by atoms with E-state index in [4.69, 9.17) is 14.2 Å². The summed E-state index contributed by atoms with van der Waals surface area (Å²) < 4.78 is 16.0. The van der Waals surface area contributed by atoms with Crippen molar-refractivity contribution in [3.8, 4) is 17.2 Å². The van der Waals surface area contributed by atoms with Crippen LogP contribution in [0.1, 0.15) is 85.1 Å². The lowest BCUT2D eigenvalue weighted by Crippen LogP contribution is -2.48. The third-order valence-corrected chi connectivity index (χ3v) is 8.41. The number of benzene rings is 1. The Labute approximate surface area is 229 Å². The summed E-state index contributed by atoms with van der Waals surface area (Å²) in [7, 11) is 4.50. The zero-order valence-corrected chi connectivity index (χ0v) is 23.5. The first-order valence-corrected chi connectivity index (χ1v) is 14.5. The molecule has 0 bridgehead atoms. The van der Waals surface area contributed by atoms with Crippen LogP contribution in [0.4, 0.5) is 5.13 Å². The number of aromatic nitrogens is 1. The molecule has 0 aliphatic heterocycles. The summed E-state index contributed by atoms with van der Waals surface area (Å²) in [6, 6.07) is 4.42. The van der Waals surface area contributed by atoms with Crippen LogP contribution in [-0.4, -0.2) is 68.2 Å². The predicted molar refractivity (Wildman–Crippen MR) is 149 cm³/mol. The summed E-state index contributed by atoms with van der Waals surface area (Å²) in [4.78, 5) is 32.8. The average molecular weight is 545 g/mol. The van der Waals surface area contributed by atoms with Crippen LogP contribution >= 0.6 is 11.3 Å². The molecule has 2 aliphatic rings. The maximum atomic E-state index is 13.0. The number of carbonyl (C=O) groups excluding carboxylic acids is 2. The van der Waals surface area contributed by atoms with Crippen molar-refractivity contribution in [1.29, 1.82) is 0 Å². The molecule has 2 fully saturated rings. The van der Waals surface area contributed by atoms with Crippen molar-refractivity contribution in [3.05, 3.63) is 28.8 Å². The lowest BCUT2D eigenvalue weighted by molar-refractivity contribution is 0.0774. The van der Waals surface area contributed by atoms with Crippen LogP contribution in [-0.2, 0) is 0 Å². The Hall–Kier alpha value is -2.85. The van der Waals surface area contributed by atoms with Crippen molar-refractivity contribution in [2.45, 2.75) is 76.3 Å². The molecule has 1 aromatic carbocycles. The zero-order valence-electron chi connectivity index (χ0n) is 22.7. The van der Waals surface area contributed by atoms with Gasteiger partial charge in [0.05, 0.1) is 26.9 Å². The van der Waals surface area contributed by atoms with Crippen LogP contribution in [0.25, 0.3) is 0 Å². The Morgan fingerprint density at radius 3 is 2.03 bits per heavy atom. The van der Waals surface area contributed by atoms with Crippen molar-refractivity contribution in [1.82, 2.24) is 15.2 Å². The van der Waals surface area contributed by atoms with E-state index in [1.807, 2.05) is 0 Å². The number of ether oxygens (including phenoxy) is 3. The number of hydrogen-bond acceptors (Lipinski definition) is 8. The molecule has 0 saturated heterocycles. The number of nitrogens with one attached hydrogen (secondary N) is 2. The van der Waals surface area contributed by atoms with Gasteiger partial charge in [-0.05, 0) is 25.7 Å². The molecule has 0 atom stereocenters. The number of hydrogen-bond donors (Lipinski definition) is 2. The minimum absolute atomic E-state index is 0.224. The van der Waals surface area contributed by atoms with Crippen molar-refractivity contribution in [3.63, 3.8) is 0 Å². The Balaban J connectivity index is 1.34. The Kier molecular flexibility index (Phi) is 10.2. The first kappa shape index (κ1) is 28.2. The monoisotopic (exact) mass is 544 g/mol. The lowest BCUT2D eigenvalue weighted by atomic mass is 9.88. The van der Waals surface area contributed by atoms with Gasteiger partial charge in [0, 0.05) is 42.7 Å². The van der Waals surface area contributed by atoms with E-state index in [2.05, 4.69) is 20.5 Å². The van der Waals surface area contributed by atoms with E-state index in [0.717, 1.165) is 6.54 Å². The molecule has 2 N–H and O–H groups in total. The minimum Gasteiger partial charge on any atom is -0.496 e. The van der Waals surface area contributed by atoms with Crippen LogP contribution in [0.3, 0.4) is 0 Å². The second-order valence-corrected chi connectivity index (χ2v) is 10.8. The van der Waals surface area contributed by atoms with E-state index in [-0.39, 0.29) is 11.5 Å². The van der Waals surface area contributed by atoms with E-state index < -0.39 is 5.91 Å². The standard InChI is InChI=1S/C28H40N4O5S/c1-35-23-17-25(37-3)24(36-2)16-21(23)26(33)31-28-30-22(18-38-28)27(34)29-14-15-32(19-10-6-4-7-11-19)20-12-8-5-9-13-20/h16-20H,4-15H2,1-3H3,(H,29,34)(H,30,31,33). The third-order valence-electron chi connectivity index (χ3n) is 7.65. The van der Waals surface area contributed by atoms with E-state index in [0.29, 0.717) is 46.7 Å². The quantitative estimate of drug-likeness (QED) is 0.405. The fourth-order valence-electron chi connectivity index (χ4n) is 5.68. The van der Waals surface area contributed by atoms with E-state index in [1.165, 1.54) is 96.9 Å². The fourth-order valence-corrected chi connectivity index (χ4v) is 6.37. The summed E-state index contributed by atoms with van der Waals surface area (Å²) in [6.07, 6.45) is 13.0. The molecule has 0 unspecified atom stereocenters. The molecule has 0 spiro atoms. The second kappa shape index (κ2) is 13.8. The molecular weight excluding hydrogens is 504 g/mol. The summed E-state index contributed by atoms with van der Waals surface area (Å²) >= 11 is 1.21. The first-order chi connectivity index (χ1) is 18.5. The SMILES string of the molecule is COc1cc(OC)c(C(=O)Nc2nc(C(=O)NCCN(C3CCCCC3)C3CCCCC3)cs2)cc1OC. The van der Waals surface area contributed by atoms with Gasteiger partial charge >= 0.3 is 0 Å². The van der Waals surface area contributed by atoms with Crippen molar-refractivity contribution < 1.29 is 23.8 Å². The van der Waals surface area contributed by atoms with Gasteiger partial charge in [-0.2, -0.15) is 0 Å². The van der Waals surface area contributed by atoms with Crippen LogP contribution in [0.5, 0.6) is 17.2 Å². The Morgan fingerprint density at radius 2 is 1.45 bits per heavy atom. The lowest BCUT2D eigenvalue weighted by Gasteiger charge is -2.41. The number of methoxy groups -OCH3 is 3. The van der Waals surface area contributed by atoms with Gasteiger partial charge in [-0.25, -0.2) is 4.98 Å². The maximum absolute atomic E-state index is 13.0. The third kappa shape index (κ3) is 6.96. The molecule has 38 heavy (non-hydrogen) atoms. The summed E-state index contributed by atoms with van der Waals surface area (Å²) in [5.41, 5.74) is 0.573. The molecule has 2 aliphatic carbocycles. The molecule has 4 rings (SSSR count). The molecule has 2 saturated carbocycles. The summed E-state index contributed by atoms with van der Waals surface area (Å²) in [6.45, 7) is 1.46. The van der Waals surface area contributed by atoms with Gasteiger partial charge in [0.15, 0.2) is 16.6 Å². The molecule has 1 heterocycles. The number of rotatable bonds is 11. The Morgan fingerprint density at radius 1 is 0.868 bits per heavy atom. The van der Waals surface area contributed by atoms with Crippen molar-refractivity contribution in [2.24, 2.45) is 0 Å². The van der Waals surface area contributed by atoms with Gasteiger partial charge in [-0.15, -0.1) is 11.3 Å². The van der Waals surface area contributed by atoms with Crippen molar-refractivity contribution in [2.75, 3.05) is 39.7 Å². The van der Waals surface area contributed by atoms with Gasteiger partial charge in [0.2, 0.25) is 0 Å².